The lowest BCUT2D eigenvalue weighted by atomic mass is 9.94. The van der Waals surface area contributed by atoms with Crippen molar-refractivity contribution in [2.24, 2.45) is 23.7 Å². The molecule has 2 aliphatic heterocycles. The van der Waals surface area contributed by atoms with E-state index in [0.717, 1.165) is 53.6 Å². The average Bonchev–Trinajstić information content (AvgIpc) is 0.834. The summed E-state index contributed by atoms with van der Waals surface area (Å²) in [5.41, 5.74) is 1.85. The van der Waals surface area contributed by atoms with Crippen LogP contribution in [-0.2, 0) is 86.4 Å². The van der Waals surface area contributed by atoms with Gasteiger partial charge in [-0.1, -0.05) is 153 Å². The Morgan fingerprint density at radius 1 is 0.523 bits per heavy atom. The first-order valence-electron chi connectivity index (χ1n) is 38.9. The van der Waals surface area contributed by atoms with Gasteiger partial charge in [0.15, 0.2) is 0 Å². The van der Waals surface area contributed by atoms with Crippen LogP contribution in [0, 0.1) is 23.7 Å². The second-order valence-corrected chi connectivity index (χ2v) is 31.4. The Bertz CT molecular complexity index is 3690. The standard InChI is InChI=1S/C82H124N14O15/c1-21-52(8)68-82(111)95(20)70(51(6)7)75(104)85-61(79(108)94(19)65(46-59-38-30-24-31-39-59)80(109)93(18)64(45-58-36-28-23-29-37-58)72(101)83-53(9)76(105)96-40-32-25-33-41-96)47-66(98)89(14)55(11)77(106)92(17)63(43-50(4)5)73(102)84-60(44-57-34-26-22-27-35-57)78(107)90(15)54(10)71(100)87-69(56(12)97)81(110)88(13)48-67(99)91(16)62(42-49(2)3)74(103)86-68/h22-24,26-31,34-39,49-56,60-65,68-70,97H,21,25,32-33,40-48H2,1-20H3,(H,83,101)(H,84,102)(H,85,104)(H,86,103)(H,87,100)/t52-,53-,54-,55-,56+,60-,61-,62-,63-,64-,65-,68-,69-,70-/m0/s1. The van der Waals surface area contributed by atoms with Crippen molar-refractivity contribution < 1.29 is 72.2 Å². The molecular weight excluding hydrogens is 1420 g/mol. The quantitative estimate of drug-likeness (QED) is 0.0893. The summed E-state index contributed by atoms with van der Waals surface area (Å²) < 4.78 is 0. The van der Waals surface area contributed by atoms with E-state index in [9.17, 15) is 38.7 Å². The second-order valence-electron chi connectivity index (χ2n) is 31.4. The van der Waals surface area contributed by atoms with Crippen LogP contribution in [-0.4, -0.2) is 287 Å². The summed E-state index contributed by atoms with van der Waals surface area (Å²) in [4.78, 5) is 220. The third-order valence-corrected chi connectivity index (χ3v) is 21.6. The highest BCUT2D eigenvalue weighted by molar-refractivity contribution is 6.01. The molecule has 2 saturated heterocycles. The molecule has 3 aromatic rings. The average molecular weight is 1550 g/mol. The van der Waals surface area contributed by atoms with Gasteiger partial charge in [0.2, 0.25) is 82.7 Å². The summed E-state index contributed by atoms with van der Waals surface area (Å²) in [7, 11) is 10.7. The second kappa shape index (κ2) is 42.6. The first kappa shape index (κ1) is 91.8. The lowest BCUT2D eigenvalue weighted by molar-refractivity contribution is -0.152. The zero-order valence-electron chi connectivity index (χ0n) is 68.9. The van der Waals surface area contributed by atoms with E-state index in [4.69, 9.17) is 0 Å². The first-order valence-corrected chi connectivity index (χ1v) is 38.9. The van der Waals surface area contributed by atoms with Gasteiger partial charge < -0.3 is 75.8 Å². The van der Waals surface area contributed by atoms with Gasteiger partial charge in [-0.15, -0.1) is 0 Å². The van der Waals surface area contributed by atoms with Gasteiger partial charge in [0.1, 0.15) is 72.5 Å². The van der Waals surface area contributed by atoms with Crippen LogP contribution in [0.15, 0.2) is 91.0 Å². The normalized spacial score (nSPS) is 23.6. The molecule has 3 aromatic carbocycles. The maximum absolute atomic E-state index is 16.0. The van der Waals surface area contributed by atoms with Gasteiger partial charge in [0.05, 0.1) is 19.1 Å². The molecule has 612 valence electrons. The van der Waals surface area contributed by atoms with Crippen molar-refractivity contribution in [2.75, 3.05) is 76.0 Å². The summed E-state index contributed by atoms with van der Waals surface area (Å²) in [6.45, 7) is 20.1. The molecule has 6 N–H and O–H groups in total. The summed E-state index contributed by atoms with van der Waals surface area (Å²) in [6, 6.07) is 9.51. The van der Waals surface area contributed by atoms with Crippen LogP contribution >= 0.6 is 0 Å². The van der Waals surface area contributed by atoms with Gasteiger partial charge in [0, 0.05) is 88.7 Å². The molecule has 0 aromatic heterocycles. The number of carbonyl (C=O) groups excluding carboxylic acids is 14. The highest BCUT2D eigenvalue weighted by Crippen LogP contribution is 2.24. The number of rotatable bonds is 21. The molecule has 2 fully saturated rings. The first-order chi connectivity index (χ1) is 52.1. The third-order valence-electron chi connectivity index (χ3n) is 21.6. The van der Waals surface area contributed by atoms with Crippen molar-refractivity contribution in [3.8, 4) is 0 Å². The smallest absolute Gasteiger partial charge is 0.248 e. The number of carbonyl (C=O) groups is 14. The highest BCUT2D eigenvalue weighted by atomic mass is 16.3. The monoisotopic (exact) mass is 1540 g/mol. The van der Waals surface area contributed by atoms with Crippen LogP contribution in [0.25, 0.3) is 0 Å². The summed E-state index contributed by atoms with van der Waals surface area (Å²) >= 11 is 0. The number of aliphatic hydroxyl groups excluding tert-OH is 1. The van der Waals surface area contributed by atoms with Crippen molar-refractivity contribution in [3.63, 3.8) is 0 Å². The molecule has 2 aliphatic rings. The van der Waals surface area contributed by atoms with Crippen LogP contribution in [0.5, 0.6) is 0 Å². The predicted octanol–water partition coefficient (Wildman–Crippen LogP) is 3.04. The fraction of sp³-hybridized carbons (Fsp3) is 0.610. The van der Waals surface area contributed by atoms with Crippen molar-refractivity contribution in [2.45, 2.75) is 226 Å². The van der Waals surface area contributed by atoms with Crippen LogP contribution < -0.4 is 26.6 Å². The fourth-order valence-corrected chi connectivity index (χ4v) is 14.0. The Morgan fingerprint density at radius 3 is 1.52 bits per heavy atom. The lowest BCUT2D eigenvalue weighted by Crippen LogP contribution is -2.62. The fourth-order valence-electron chi connectivity index (χ4n) is 14.0. The van der Waals surface area contributed by atoms with E-state index < -0.39 is 180 Å². The SMILES string of the molecule is CC[C@H](C)[C@@H]1NC(=O)[C@H](CC(C)C)N(C)C(=O)CN(C)C(=O)[C@H]([C@@H](C)O)NC(=O)[C@H](C)N(C)C(=O)[C@H](Cc2ccccc2)NC(=O)[C@H](CC(C)C)N(C)C(=O)[C@H](C)N(C)C(=O)C[C@@H](C(=O)N(C)[C@@H](Cc2ccccc2)C(=O)N(C)[C@@H](Cc2ccccc2)C(=O)N[C@@H](C)C(=O)N2CCCCC2)NC(=O)[C@H](C(C)C)N(C)C1=O. The number of piperidine rings is 1. The molecule has 0 bridgehead atoms. The number of nitrogens with zero attached hydrogens (tertiary/aromatic N) is 9. The van der Waals surface area contributed by atoms with Crippen molar-refractivity contribution >= 4 is 82.7 Å². The number of likely N-dealkylation sites (tertiary alicyclic amines) is 1. The maximum atomic E-state index is 16.0. The van der Waals surface area contributed by atoms with E-state index in [1.165, 1.54) is 82.1 Å². The third kappa shape index (κ3) is 25.1. The minimum atomic E-state index is -1.89. The van der Waals surface area contributed by atoms with E-state index >= 15 is 33.6 Å². The molecule has 0 aliphatic carbocycles. The summed E-state index contributed by atoms with van der Waals surface area (Å²) in [6.07, 6.45) is 0.275. The molecule has 2 heterocycles. The summed E-state index contributed by atoms with van der Waals surface area (Å²) in [5, 5.41) is 25.0. The van der Waals surface area contributed by atoms with Gasteiger partial charge in [-0.2, -0.15) is 0 Å². The van der Waals surface area contributed by atoms with Crippen LogP contribution in [0.1, 0.15) is 145 Å². The van der Waals surface area contributed by atoms with Crippen molar-refractivity contribution in [1.82, 2.24) is 70.7 Å². The van der Waals surface area contributed by atoms with Crippen LogP contribution in [0.4, 0.5) is 0 Å². The minimum Gasteiger partial charge on any atom is -0.391 e. The van der Waals surface area contributed by atoms with Crippen LogP contribution in [0.3, 0.4) is 0 Å². The van der Waals surface area contributed by atoms with E-state index in [1.54, 1.807) is 131 Å². The van der Waals surface area contributed by atoms with E-state index in [1.807, 2.05) is 27.7 Å². The van der Waals surface area contributed by atoms with E-state index in [2.05, 4.69) is 26.6 Å². The largest absolute Gasteiger partial charge is 0.391 e. The molecule has 14 atom stereocenters. The topological polar surface area (TPSA) is 349 Å². The minimum absolute atomic E-state index is 0.0242. The van der Waals surface area contributed by atoms with Crippen molar-refractivity contribution in [3.05, 3.63) is 108 Å². The van der Waals surface area contributed by atoms with Crippen LogP contribution in [0.2, 0.25) is 0 Å². The molecule has 5 rings (SSSR count). The Balaban J connectivity index is 1.70. The Kier molecular flexibility index (Phi) is 35.2. The number of hydrogen-bond donors (Lipinski definition) is 6. The lowest BCUT2D eigenvalue weighted by Gasteiger charge is -2.38. The predicted molar refractivity (Wildman–Crippen MR) is 421 cm³/mol. The van der Waals surface area contributed by atoms with Crippen molar-refractivity contribution in [1.29, 1.82) is 0 Å². The number of benzene rings is 3. The Morgan fingerprint density at radius 2 is 1.02 bits per heavy atom. The number of nitrogens with one attached hydrogen (secondary N) is 5. The Hall–Kier alpha value is -9.80. The molecule has 29 heteroatoms. The molecule has 0 spiro atoms. The number of aliphatic hydroxyl groups is 1. The molecule has 111 heavy (non-hydrogen) atoms. The Labute approximate surface area is 656 Å². The van der Waals surface area contributed by atoms with Gasteiger partial charge >= 0.3 is 0 Å². The zero-order valence-corrected chi connectivity index (χ0v) is 68.9. The van der Waals surface area contributed by atoms with Gasteiger partial charge in [0.25, 0.3) is 0 Å². The van der Waals surface area contributed by atoms with E-state index in [0.29, 0.717) is 36.2 Å². The molecule has 0 unspecified atom stereocenters. The molecular formula is C82H124N14O15. The highest BCUT2D eigenvalue weighted by Gasteiger charge is 2.45. The zero-order chi connectivity index (χ0) is 83.2. The van der Waals surface area contributed by atoms with E-state index in [-0.39, 0.29) is 49.8 Å². The number of amides is 14. The maximum Gasteiger partial charge on any atom is 0.248 e. The molecule has 0 saturated carbocycles. The molecule has 14 amide bonds. The molecule has 29 nitrogen and oxygen atoms in total. The van der Waals surface area contributed by atoms with Gasteiger partial charge in [-0.05, 0) is 100 Å². The molecule has 0 radical (unpaired) electrons. The van der Waals surface area contributed by atoms with Gasteiger partial charge in [-0.3, -0.25) is 67.1 Å². The number of likely N-dealkylation sites (N-methyl/N-ethyl adjacent to an activating group) is 8. The van der Waals surface area contributed by atoms with Gasteiger partial charge in [-0.25, -0.2) is 0 Å². The summed E-state index contributed by atoms with van der Waals surface area (Å²) in [5.74, 6) is -12.7. The number of hydrogen-bond acceptors (Lipinski definition) is 15.